The van der Waals surface area contributed by atoms with Gasteiger partial charge in [0.25, 0.3) is 0 Å². The molecule has 0 spiro atoms. The third kappa shape index (κ3) is 1.64. The minimum Gasteiger partial charge on any atom is -0.207 e. The predicted octanol–water partition coefficient (Wildman–Crippen LogP) is 3.00. The summed E-state index contributed by atoms with van der Waals surface area (Å²) in [6.45, 7) is 5.16. The van der Waals surface area contributed by atoms with Gasteiger partial charge in [-0.2, -0.15) is 0 Å². The van der Waals surface area contributed by atoms with Crippen molar-refractivity contribution < 1.29 is 8.78 Å². The Labute approximate surface area is 64.2 Å². The molecule has 0 bridgehead atoms. The van der Waals surface area contributed by atoms with E-state index in [1.807, 2.05) is 0 Å². The fraction of sp³-hybridized carbons (Fsp3) is 0.111. The van der Waals surface area contributed by atoms with Crippen LogP contribution in [0, 0.1) is 11.6 Å². The third-order valence-electron chi connectivity index (χ3n) is 1.39. The van der Waals surface area contributed by atoms with Crippen molar-refractivity contribution in [2.45, 2.75) is 6.92 Å². The van der Waals surface area contributed by atoms with Crippen LogP contribution in [0.1, 0.15) is 12.5 Å². The number of rotatable bonds is 1. The number of hydrogen-bond donors (Lipinski definition) is 0. The summed E-state index contributed by atoms with van der Waals surface area (Å²) in [5, 5.41) is 0. The normalized spacial score (nSPS) is 9.73. The van der Waals surface area contributed by atoms with Crippen LogP contribution in [0.4, 0.5) is 8.78 Å². The Morgan fingerprint density at radius 1 is 1.36 bits per heavy atom. The fourth-order valence-electron chi connectivity index (χ4n) is 0.825. The summed E-state index contributed by atoms with van der Waals surface area (Å²) < 4.78 is 25.3. The molecular weight excluding hydrogens is 146 g/mol. The lowest BCUT2D eigenvalue weighted by Crippen LogP contribution is -1.86. The van der Waals surface area contributed by atoms with E-state index in [0.29, 0.717) is 5.57 Å². The van der Waals surface area contributed by atoms with Crippen molar-refractivity contribution in [3.8, 4) is 0 Å². The summed E-state index contributed by atoms with van der Waals surface area (Å²) in [6.07, 6.45) is 0. The van der Waals surface area contributed by atoms with E-state index in [-0.39, 0.29) is 5.56 Å². The highest BCUT2D eigenvalue weighted by Crippen LogP contribution is 2.16. The standard InChI is InChI=1S/C9H8F2/c1-6(2)8-5-7(10)3-4-9(8)11/h3-5H,1H2,2H3. The minimum absolute atomic E-state index is 0.241. The van der Waals surface area contributed by atoms with Crippen molar-refractivity contribution in [1.29, 1.82) is 0 Å². The Kier molecular flexibility index (Phi) is 2.03. The lowest BCUT2D eigenvalue weighted by atomic mass is 10.1. The molecule has 0 N–H and O–H groups in total. The van der Waals surface area contributed by atoms with E-state index in [1.54, 1.807) is 6.92 Å². The first kappa shape index (κ1) is 7.92. The Morgan fingerprint density at radius 3 is 2.45 bits per heavy atom. The molecule has 0 unspecified atom stereocenters. The number of benzene rings is 1. The van der Waals surface area contributed by atoms with E-state index >= 15 is 0 Å². The molecule has 0 saturated heterocycles. The summed E-state index contributed by atoms with van der Waals surface area (Å²) in [4.78, 5) is 0. The molecule has 11 heavy (non-hydrogen) atoms. The molecule has 0 fully saturated rings. The van der Waals surface area contributed by atoms with Gasteiger partial charge in [-0.25, -0.2) is 8.78 Å². The zero-order chi connectivity index (χ0) is 8.43. The zero-order valence-electron chi connectivity index (χ0n) is 6.20. The monoisotopic (exact) mass is 154 g/mol. The minimum atomic E-state index is -0.440. The first-order valence-electron chi connectivity index (χ1n) is 3.22. The summed E-state index contributed by atoms with van der Waals surface area (Å²) in [5.41, 5.74) is 0.770. The molecule has 1 aromatic rings. The number of hydrogen-bond acceptors (Lipinski definition) is 0. The van der Waals surface area contributed by atoms with Gasteiger partial charge in [0.15, 0.2) is 0 Å². The van der Waals surface area contributed by atoms with Crippen LogP contribution in [-0.2, 0) is 0 Å². The van der Waals surface area contributed by atoms with Crippen molar-refractivity contribution >= 4 is 5.57 Å². The average Bonchev–Trinajstić information content (AvgIpc) is 1.94. The molecule has 0 atom stereocenters. The maximum atomic E-state index is 12.8. The van der Waals surface area contributed by atoms with Crippen LogP contribution in [0.3, 0.4) is 0 Å². The van der Waals surface area contributed by atoms with Gasteiger partial charge in [-0.1, -0.05) is 6.58 Å². The summed E-state index contributed by atoms with van der Waals surface area (Å²) in [5.74, 6) is -0.872. The second-order valence-electron chi connectivity index (χ2n) is 2.40. The quantitative estimate of drug-likeness (QED) is 0.583. The summed E-state index contributed by atoms with van der Waals surface area (Å²) in [6, 6.07) is 3.32. The molecule has 58 valence electrons. The van der Waals surface area contributed by atoms with Gasteiger partial charge in [0, 0.05) is 5.56 Å². The highest BCUT2D eigenvalue weighted by atomic mass is 19.1. The van der Waals surface area contributed by atoms with Gasteiger partial charge in [-0.3, -0.25) is 0 Å². The third-order valence-corrected chi connectivity index (χ3v) is 1.39. The molecule has 0 heterocycles. The summed E-state index contributed by atoms with van der Waals surface area (Å²) in [7, 11) is 0. The van der Waals surface area contributed by atoms with Gasteiger partial charge in [0.1, 0.15) is 11.6 Å². The smallest absolute Gasteiger partial charge is 0.130 e. The topological polar surface area (TPSA) is 0 Å². The van der Waals surface area contributed by atoms with Crippen molar-refractivity contribution in [2.24, 2.45) is 0 Å². The van der Waals surface area contributed by atoms with Gasteiger partial charge < -0.3 is 0 Å². The second kappa shape index (κ2) is 2.82. The van der Waals surface area contributed by atoms with Gasteiger partial charge in [0.05, 0.1) is 0 Å². The van der Waals surface area contributed by atoms with E-state index in [4.69, 9.17) is 0 Å². The molecule has 1 aromatic carbocycles. The Balaban J connectivity index is 3.23. The van der Waals surface area contributed by atoms with Gasteiger partial charge in [0.2, 0.25) is 0 Å². The van der Waals surface area contributed by atoms with Gasteiger partial charge >= 0.3 is 0 Å². The van der Waals surface area contributed by atoms with Crippen molar-refractivity contribution in [3.05, 3.63) is 42.0 Å². The van der Waals surface area contributed by atoms with Crippen LogP contribution in [-0.4, -0.2) is 0 Å². The molecule has 0 nitrogen and oxygen atoms in total. The number of allylic oxidation sites excluding steroid dienone is 1. The Hall–Kier alpha value is -1.18. The lowest BCUT2D eigenvalue weighted by Gasteiger charge is -2.00. The fourth-order valence-corrected chi connectivity index (χ4v) is 0.825. The van der Waals surface area contributed by atoms with E-state index < -0.39 is 11.6 Å². The molecule has 0 amide bonds. The lowest BCUT2D eigenvalue weighted by molar-refractivity contribution is 0.597. The summed E-state index contributed by atoms with van der Waals surface area (Å²) >= 11 is 0. The predicted molar refractivity (Wildman–Crippen MR) is 41.1 cm³/mol. The maximum absolute atomic E-state index is 12.8. The molecule has 0 saturated carbocycles. The van der Waals surface area contributed by atoms with Crippen LogP contribution < -0.4 is 0 Å². The van der Waals surface area contributed by atoms with Crippen molar-refractivity contribution in [2.75, 3.05) is 0 Å². The molecule has 0 aliphatic rings. The van der Waals surface area contributed by atoms with Gasteiger partial charge in [-0.05, 0) is 30.7 Å². The first-order valence-corrected chi connectivity index (χ1v) is 3.22. The molecular formula is C9H8F2. The maximum Gasteiger partial charge on any atom is 0.130 e. The molecule has 1 rings (SSSR count). The molecule has 0 aliphatic heterocycles. The van der Waals surface area contributed by atoms with Crippen molar-refractivity contribution in [3.63, 3.8) is 0 Å². The molecule has 0 aromatic heterocycles. The van der Waals surface area contributed by atoms with E-state index in [1.165, 1.54) is 0 Å². The molecule has 2 heteroatoms. The van der Waals surface area contributed by atoms with Crippen molar-refractivity contribution in [1.82, 2.24) is 0 Å². The van der Waals surface area contributed by atoms with E-state index in [0.717, 1.165) is 18.2 Å². The molecule has 0 radical (unpaired) electrons. The highest BCUT2D eigenvalue weighted by molar-refractivity contribution is 5.61. The van der Waals surface area contributed by atoms with Crippen LogP contribution in [0.2, 0.25) is 0 Å². The van der Waals surface area contributed by atoms with Crippen LogP contribution in [0.15, 0.2) is 24.8 Å². The Morgan fingerprint density at radius 2 is 2.00 bits per heavy atom. The molecule has 0 aliphatic carbocycles. The average molecular weight is 154 g/mol. The largest absolute Gasteiger partial charge is 0.207 e. The Bertz CT molecular complexity index is 290. The zero-order valence-corrected chi connectivity index (χ0v) is 6.20. The van der Waals surface area contributed by atoms with Crippen LogP contribution >= 0.6 is 0 Å². The number of halogens is 2. The van der Waals surface area contributed by atoms with Crippen LogP contribution in [0.5, 0.6) is 0 Å². The SMILES string of the molecule is C=C(C)c1cc(F)ccc1F. The van der Waals surface area contributed by atoms with E-state index in [2.05, 4.69) is 6.58 Å². The van der Waals surface area contributed by atoms with E-state index in [9.17, 15) is 8.78 Å². The van der Waals surface area contributed by atoms with Gasteiger partial charge in [-0.15, -0.1) is 0 Å². The van der Waals surface area contributed by atoms with Crippen LogP contribution in [0.25, 0.3) is 5.57 Å². The second-order valence-corrected chi connectivity index (χ2v) is 2.40. The highest BCUT2D eigenvalue weighted by Gasteiger charge is 2.02. The first-order chi connectivity index (χ1) is 5.11.